The zero-order valence-electron chi connectivity index (χ0n) is 22.4. The average Bonchev–Trinajstić information content (AvgIpc) is 3.55. The van der Waals surface area contributed by atoms with Crippen LogP contribution in [0.2, 0.25) is 0 Å². The second-order valence-electron chi connectivity index (χ2n) is 11.1. The van der Waals surface area contributed by atoms with Crippen molar-refractivity contribution in [3.05, 3.63) is 59.7 Å². The number of likely N-dealkylation sites (tertiary alicyclic amines) is 1. The van der Waals surface area contributed by atoms with Gasteiger partial charge in [0.15, 0.2) is 0 Å². The van der Waals surface area contributed by atoms with Crippen LogP contribution in [0, 0.1) is 31.6 Å². The minimum absolute atomic E-state index is 0.00558. The van der Waals surface area contributed by atoms with E-state index in [1.807, 2.05) is 76.2 Å². The molecule has 0 radical (unpaired) electrons. The zero-order chi connectivity index (χ0) is 27.2. The van der Waals surface area contributed by atoms with E-state index in [-0.39, 0.29) is 35.5 Å². The van der Waals surface area contributed by atoms with E-state index in [4.69, 9.17) is 0 Å². The molecule has 202 valence electrons. The summed E-state index contributed by atoms with van der Waals surface area (Å²) in [6, 6.07) is 13.9. The molecule has 3 heterocycles. The van der Waals surface area contributed by atoms with Gasteiger partial charge in [-0.05, 0) is 61.9 Å². The third kappa shape index (κ3) is 4.31. The van der Waals surface area contributed by atoms with Gasteiger partial charge in [0.1, 0.15) is 6.04 Å². The van der Waals surface area contributed by atoms with E-state index in [0.717, 1.165) is 29.7 Å². The van der Waals surface area contributed by atoms with E-state index >= 15 is 0 Å². The van der Waals surface area contributed by atoms with Gasteiger partial charge in [0, 0.05) is 16.6 Å². The topological polar surface area (TPSA) is 98.7 Å². The number of nitrogens with zero attached hydrogens (tertiary/aromatic N) is 1. The number of fused-ring (bicyclic) bond motifs is 1. The molecule has 2 aromatic rings. The van der Waals surface area contributed by atoms with Crippen LogP contribution in [0.4, 0.5) is 11.4 Å². The Morgan fingerprint density at radius 1 is 1.13 bits per heavy atom. The van der Waals surface area contributed by atoms with Crippen molar-refractivity contribution in [2.45, 2.75) is 69.0 Å². The lowest BCUT2D eigenvalue weighted by atomic mass is 9.70. The summed E-state index contributed by atoms with van der Waals surface area (Å²) < 4.78 is -0.705. The molecule has 8 heteroatoms. The Hall–Kier alpha value is -2.84. The van der Waals surface area contributed by atoms with E-state index in [9.17, 15) is 19.5 Å². The van der Waals surface area contributed by atoms with Crippen molar-refractivity contribution in [1.29, 1.82) is 0 Å². The van der Waals surface area contributed by atoms with Crippen LogP contribution in [0.3, 0.4) is 0 Å². The number of aryl methyl sites for hydroxylation is 2. The third-order valence-corrected chi connectivity index (χ3v) is 10.8. The highest BCUT2D eigenvalue weighted by atomic mass is 32.2. The molecule has 3 amide bonds. The van der Waals surface area contributed by atoms with Crippen molar-refractivity contribution in [3.8, 4) is 0 Å². The van der Waals surface area contributed by atoms with Crippen LogP contribution in [0.1, 0.15) is 44.2 Å². The van der Waals surface area contributed by atoms with E-state index in [1.165, 1.54) is 0 Å². The molecule has 0 aliphatic carbocycles. The van der Waals surface area contributed by atoms with E-state index in [0.29, 0.717) is 12.1 Å². The quantitative estimate of drug-likeness (QED) is 0.466. The van der Waals surface area contributed by atoms with Gasteiger partial charge in [-0.1, -0.05) is 50.6 Å². The number of hydrogen-bond donors (Lipinski definition) is 3. The summed E-state index contributed by atoms with van der Waals surface area (Å²) in [5.41, 5.74) is 3.39. The molecule has 0 aromatic heterocycles. The van der Waals surface area contributed by atoms with Crippen molar-refractivity contribution in [2.24, 2.45) is 17.8 Å². The van der Waals surface area contributed by atoms with Crippen molar-refractivity contribution < 1.29 is 19.5 Å². The van der Waals surface area contributed by atoms with E-state index in [2.05, 4.69) is 10.6 Å². The van der Waals surface area contributed by atoms with Crippen molar-refractivity contribution >= 4 is 40.9 Å². The fourth-order valence-corrected chi connectivity index (χ4v) is 8.89. The molecule has 38 heavy (non-hydrogen) atoms. The lowest BCUT2D eigenvalue weighted by Gasteiger charge is -2.39. The third-order valence-electron chi connectivity index (χ3n) is 8.83. The first kappa shape index (κ1) is 26.8. The summed E-state index contributed by atoms with van der Waals surface area (Å²) in [6.45, 7) is 7.72. The summed E-state index contributed by atoms with van der Waals surface area (Å²) in [5, 5.41) is 16.6. The van der Waals surface area contributed by atoms with Gasteiger partial charge in [-0.25, -0.2) is 0 Å². The standard InChI is InChI=1S/C30H37N3O4S/c1-5-18(3)22(16-34)33-26(28(36)32-21-15-17(2)11-12-19(21)4)30-14-13-23(38-30)24(25(30)29(33)37)27(35)31-20-9-7-6-8-10-20/h6-12,15,18,22-26,34H,5,13-14,16H2,1-4H3,(H,31,35)(H,32,36)/t18-,22-,23-,24+,25-,26?,30?/m0/s1. The fraction of sp³-hybridized carbons (Fsp3) is 0.500. The molecule has 7 atom stereocenters. The molecular formula is C30H37N3O4S. The van der Waals surface area contributed by atoms with Gasteiger partial charge in [-0.2, -0.15) is 0 Å². The highest BCUT2D eigenvalue weighted by Crippen LogP contribution is 2.67. The van der Waals surface area contributed by atoms with Gasteiger partial charge < -0.3 is 20.6 Å². The molecule has 7 nitrogen and oxygen atoms in total. The number of carbonyl (C=O) groups excluding carboxylic acids is 3. The maximum atomic E-state index is 14.3. The first-order valence-corrected chi connectivity index (χ1v) is 14.4. The number of hydrogen-bond acceptors (Lipinski definition) is 5. The molecule has 3 N–H and O–H groups in total. The number of nitrogens with one attached hydrogen (secondary N) is 2. The van der Waals surface area contributed by atoms with Crippen molar-refractivity contribution in [2.75, 3.05) is 17.2 Å². The first-order valence-electron chi connectivity index (χ1n) is 13.6. The number of benzene rings is 2. The highest BCUT2D eigenvalue weighted by molar-refractivity contribution is 8.02. The number of aliphatic hydroxyl groups excluding tert-OH is 1. The number of aliphatic hydroxyl groups is 1. The molecule has 3 aliphatic heterocycles. The van der Waals surface area contributed by atoms with E-state index < -0.39 is 28.7 Å². The molecule has 2 aromatic carbocycles. The second kappa shape index (κ2) is 10.4. The van der Waals surface area contributed by atoms with Crippen LogP contribution in [-0.4, -0.2) is 56.4 Å². The van der Waals surface area contributed by atoms with Crippen LogP contribution >= 0.6 is 11.8 Å². The van der Waals surface area contributed by atoms with Crippen LogP contribution < -0.4 is 10.6 Å². The summed E-state index contributed by atoms with van der Waals surface area (Å²) in [6.07, 6.45) is 2.22. The van der Waals surface area contributed by atoms with Crippen LogP contribution in [-0.2, 0) is 14.4 Å². The van der Waals surface area contributed by atoms with Gasteiger partial charge in [0.2, 0.25) is 17.7 Å². The number of para-hydroxylation sites is 1. The molecule has 3 saturated heterocycles. The summed E-state index contributed by atoms with van der Waals surface area (Å²) in [7, 11) is 0. The van der Waals surface area contributed by atoms with Gasteiger partial charge >= 0.3 is 0 Å². The monoisotopic (exact) mass is 535 g/mol. The smallest absolute Gasteiger partial charge is 0.248 e. The molecule has 3 aliphatic rings. The predicted molar refractivity (Wildman–Crippen MR) is 151 cm³/mol. The highest BCUT2D eigenvalue weighted by Gasteiger charge is 2.74. The Morgan fingerprint density at radius 2 is 1.87 bits per heavy atom. The summed E-state index contributed by atoms with van der Waals surface area (Å²) in [5.74, 6) is -1.75. The number of thioether (sulfide) groups is 1. The normalized spacial score (nSPS) is 29.2. The SMILES string of the molecule is CC[C@H](C)[C@H](CO)N1C(=O)[C@@H]2[C@H](C(=O)Nc3ccccc3)[C@@H]3CCC2(S3)C1C(=O)Nc1cc(C)ccc1C. The molecule has 1 spiro atoms. The largest absolute Gasteiger partial charge is 0.394 e. The molecular weight excluding hydrogens is 498 g/mol. The number of anilines is 2. The zero-order valence-corrected chi connectivity index (χ0v) is 23.3. The van der Waals surface area contributed by atoms with Crippen LogP contribution in [0.25, 0.3) is 0 Å². The molecule has 0 saturated carbocycles. The second-order valence-corrected chi connectivity index (χ2v) is 12.7. The van der Waals surface area contributed by atoms with Crippen molar-refractivity contribution in [1.82, 2.24) is 4.90 Å². The summed E-state index contributed by atoms with van der Waals surface area (Å²) >= 11 is 1.64. The van der Waals surface area contributed by atoms with Gasteiger partial charge in [0.05, 0.1) is 29.2 Å². The number of rotatable bonds is 8. The fourth-order valence-electron chi connectivity index (χ4n) is 6.68. The Bertz CT molecular complexity index is 1240. The maximum Gasteiger partial charge on any atom is 0.248 e. The predicted octanol–water partition coefficient (Wildman–Crippen LogP) is 4.38. The van der Waals surface area contributed by atoms with Gasteiger partial charge in [-0.3, -0.25) is 14.4 Å². The number of amides is 3. The lowest BCUT2D eigenvalue weighted by molar-refractivity contribution is -0.142. The van der Waals surface area contributed by atoms with Gasteiger partial charge in [-0.15, -0.1) is 11.8 Å². The Labute approximate surface area is 228 Å². The lowest BCUT2D eigenvalue weighted by Crippen LogP contribution is -2.56. The van der Waals surface area contributed by atoms with Crippen LogP contribution in [0.15, 0.2) is 48.5 Å². The Kier molecular flexibility index (Phi) is 7.31. The molecule has 3 fully saturated rings. The summed E-state index contributed by atoms with van der Waals surface area (Å²) in [4.78, 5) is 43.7. The number of carbonyl (C=O) groups is 3. The van der Waals surface area contributed by atoms with E-state index in [1.54, 1.807) is 16.7 Å². The Morgan fingerprint density at radius 3 is 2.55 bits per heavy atom. The minimum Gasteiger partial charge on any atom is -0.394 e. The molecule has 2 unspecified atom stereocenters. The minimum atomic E-state index is -0.768. The maximum absolute atomic E-state index is 14.3. The van der Waals surface area contributed by atoms with Crippen molar-refractivity contribution in [3.63, 3.8) is 0 Å². The average molecular weight is 536 g/mol. The molecule has 2 bridgehead atoms. The Balaban J connectivity index is 1.54. The first-order chi connectivity index (χ1) is 18.2. The van der Waals surface area contributed by atoms with Gasteiger partial charge in [0.25, 0.3) is 0 Å². The molecule has 5 rings (SSSR count). The van der Waals surface area contributed by atoms with Crippen LogP contribution in [0.5, 0.6) is 0 Å².